The van der Waals surface area contributed by atoms with Crippen molar-refractivity contribution in [3.63, 3.8) is 0 Å². The van der Waals surface area contributed by atoms with Crippen molar-refractivity contribution in [2.75, 3.05) is 5.73 Å². The lowest BCUT2D eigenvalue weighted by Gasteiger charge is -2.20. The van der Waals surface area contributed by atoms with Gasteiger partial charge >= 0.3 is 0 Å². The van der Waals surface area contributed by atoms with Crippen molar-refractivity contribution in [2.45, 2.75) is 12.5 Å². The molecule has 2 aromatic carbocycles. The van der Waals surface area contributed by atoms with E-state index in [1.807, 2.05) is 6.07 Å². The summed E-state index contributed by atoms with van der Waals surface area (Å²) in [5.74, 6) is 5.64. The highest BCUT2D eigenvalue weighted by Gasteiger charge is 2.17. The van der Waals surface area contributed by atoms with Crippen LogP contribution < -0.4 is 17.0 Å². The van der Waals surface area contributed by atoms with Gasteiger partial charge in [0.05, 0.1) is 6.04 Å². The highest BCUT2D eigenvalue weighted by atomic mass is 35.5. The summed E-state index contributed by atoms with van der Waals surface area (Å²) < 4.78 is 0. The molecule has 1 atom stereocenters. The number of benzene rings is 2. The lowest BCUT2D eigenvalue weighted by Crippen LogP contribution is -2.30. The van der Waals surface area contributed by atoms with Gasteiger partial charge in [0.25, 0.3) is 0 Å². The smallest absolute Gasteiger partial charge is 0.0521 e. The third-order valence-electron chi connectivity index (χ3n) is 3.10. The van der Waals surface area contributed by atoms with Crippen LogP contribution in [0.1, 0.15) is 17.2 Å². The average molecular weight is 331 g/mol. The fourth-order valence-electron chi connectivity index (χ4n) is 2.05. The van der Waals surface area contributed by atoms with E-state index in [2.05, 4.69) is 5.43 Å². The SMILES string of the molecule is NNC(Cc1c(Cl)cccc1Cl)c1ccc(Cl)cc1N. The molecular formula is C14H14Cl3N3. The summed E-state index contributed by atoms with van der Waals surface area (Å²) in [5.41, 5.74) is 11.0. The van der Waals surface area contributed by atoms with Crippen LogP contribution >= 0.6 is 34.8 Å². The minimum atomic E-state index is -0.204. The molecule has 2 aromatic rings. The molecule has 0 aromatic heterocycles. The largest absolute Gasteiger partial charge is 0.398 e. The minimum absolute atomic E-state index is 0.204. The second kappa shape index (κ2) is 6.66. The lowest BCUT2D eigenvalue weighted by molar-refractivity contribution is 0.553. The van der Waals surface area contributed by atoms with E-state index in [0.29, 0.717) is 27.2 Å². The highest BCUT2D eigenvalue weighted by Crippen LogP contribution is 2.31. The van der Waals surface area contributed by atoms with Crippen LogP contribution in [0.15, 0.2) is 36.4 Å². The van der Waals surface area contributed by atoms with Crippen LogP contribution in [0.2, 0.25) is 15.1 Å². The van der Waals surface area contributed by atoms with Crippen LogP contribution in [0.5, 0.6) is 0 Å². The second-order valence-corrected chi connectivity index (χ2v) is 5.65. The molecule has 6 heteroatoms. The summed E-state index contributed by atoms with van der Waals surface area (Å²) in [6.45, 7) is 0. The van der Waals surface area contributed by atoms with E-state index >= 15 is 0 Å². The standard InChI is InChI=1S/C14H14Cl3N3/c15-8-4-5-9(13(18)6-8)14(20-19)7-10-11(16)2-1-3-12(10)17/h1-6,14,20H,7,18-19H2. The van der Waals surface area contributed by atoms with Crippen molar-refractivity contribution in [3.8, 4) is 0 Å². The molecule has 0 spiro atoms. The Hall–Kier alpha value is -0.970. The van der Waals surface area contributed by atoms with Crippen molar-refractivity contribution >= 4 is 40.5 Å². The third kappa shape index (κ3) is 3.37. The first-order valence-corrected chi connectivity index (χ1v) is 7.10. The Morgan fingerprint density at radius 1 is 1.05 bits per heavy atom. The molecule has 5 N–H and O–H groups in total. The second-order valence-electron chi connectivity index (χ2n) is 4.40. The molecule has 3 nitrogen and oxygen atoms in total. The van der Waals surface area contributed by atoms with Gasteiger partial charge in [-0.25, -0.2) is 0 Å². The van der Waals surface area contributed by atoms with Crippen LogP contribution in [0, 0.1) is 0 Å². The molecule has 0 aliphatic carbocycles. The van der Waals surface area contributed by atoms with Gasteiger partial charge in [-0.15, -0.1) is 0 Å². The molecule has 1 unspecified atom stereocenters. The topological polar surface area (TPSA) is 64.1 Å². The Morgan fingerprint density at radius 2 is 1.70 bits per heavy atom. The summed E-state index contributed by atoms with van der Waals surface area (Å²) in [6.07, 6.45) is 0.529. The lowest BCUT2D eigenvalue weighted by atomic mass is 9.98. The van der Waals surface area contributed by atoms with Gasteiger partial charge in [0, 0.05) is 20.8 Å². The van der Waals surface area contributed by atoms with E-state index in [-0.39, 0.29) is 6.04 Å². The van der Waals surface area contributed by atoms with Crippen LogP contribution in [0.3, 0.4) is 0 Å². The first-order chi connectivity index (χ1) is 9.52. The minimum Gasteiger partial charge on any atom is -0.398 e. The quantitative estimate of drug-likeness (QED) is 0.451. The number of hydrogen-bond acceptors (Lipinski definition) is 3. The third-order valence-corrected chi connectivity index (χ3v) is 4.04. The van der Waals surface area contributed by atoms with Gasteiger partial charge in [-0.1, -0.05) is 46.9 Å². The van der Waals surface area contributed by atoms with Gasteiger partial charge in [-0.3, -0.25) is 11.3 Å². The molecule has 0 radical (unpaired) electrons. The van der Waals surface area contributed by atoms with Gasteiger partial charge in [0.15, 0.2) is 0 Å². The normalized spacial score (nSPS) is 12.4. The number of nitrogens with one attached hydrogen (secondary N) is 1. The molecule has 0 aliphatic heterocycles. The van der Waals surface area contributed by atoms with E-state index in [9.17, 15) is 0 Å². The predicted molar refractivity (Wildman–Crippen MR) is 86.1 cm³/mol. The summed E-state index contributed by atoms with van der Waals surface area (Å²) in [4.78, 5) is 0. The molecule has 2 rings (SSSR count). The Morgan fingerprint density at radius 3 is 2.25 bits per heavy atom. The summed E-state index contributed by atoms with van der Waals surface area (Å²) in [5, 5.41) is 1.79. The molecule has 0 aliphatic rings. The Balaban J connectivity index is 2.34. The number of hydrogen-bond donors (Lipinski definition) is 3. The zero-order valence-corrected chi connectivity index (χ0v) is 12.8. The highest BCUT2D eigenvalue weighted by molar-refractivity contribution is 6.36. The molecule has 0 saturated heterocycles. The molecule has 0 bridgehead atoms. The molecular weight excluding hydrogens is 317 g/mol. The predicted octanol–water partition coefficient (Wildman–Crippen LogP) is 3.98. The average Bonchev–Trinajstić information content (AvgIpc) is 2.40. The van der Waals surface area contributed by atoms with Gasteiger partial charge in [-0.2, -0.15) is 0 Å². The van der Waals surface area contributed by atoms with E-state index in [1.165, 1.54) is 0 Å². The molecule has 20 heavy (non-hydrogen) atoms. The number of rotatable bonds is 4. The number of halogens is 3. The van der Waals surface area contributed by atoms with Crippen molar-refractivity contribution in [1.29, 1.82) is 0 Å². The number of anilines is 1. The van der Waals surface area contributed by atoms with Crippen molar-refractivity contribution in [2.24, 2.45) is 5.84 Å². The van der Waals surface area contributed by atoms with Gasteiger partial charge in [0.2, 0.25) is 0 Å². The maximum atomic E-state index is 6.18. The number of nitrogens with two attached hydrogens (primary N) is 2. The van der Waals surface area contributed by atoms with Gasteiger partial charge in [0.1, 0.15) is 0 Å². The van der Waals surface area contributed by atoms with Crippen molar-refractivity contribution < 1.29 is 0 Å². The first kappa shape index (κ1) is 15.4. The Kier molecular flexibility index (Phi) is 5.13. The van der Waals surface area contributed by atoms with E-state index < -0.39 is 0 Å². The summed E-state index contributed by atoms with van der Waals surface area (Å²) >= 11 is 18.3. The van der Waals surface area contributed by atoms with Crippen LogP contribution in [0.4, 0.5) is 5.69 Å². The number of nitrogen functional groups attached to an aromatic ring is 1. The summed E-state index contributed by atoms with van der Waals surface area (Å²) in [7, 11) is 0. The van der Waals surface area contributed by atoms with E-state index in [1.54, 1.807) is 30.3 Å². The van der Waals surface area contributed by atoms with E-state index in [0.717, 1.165) is 11.1 Å². The van der Waals surface area contributed by atoms with Crippen molar-refractivity contribution in [1.82, 2.24) is 5.43 Å². The fraction of sp³-hybridized carbons (Fsp3) is 0.143. The van der Waals surface area contributed by atoms with Crippen molar-refractivity contribution in [3.05, 3.63) is 62.6 Å². The number of hydrazine groups is 1. The summed E-state index contributed by atoms with van der Waals surface area (Å²) in [6, 6.07) is 10.5. The Labute approximate surface area is 132 Å². The van der Waals surface area contributed by atoms with Crippen LogP contribution in [-0.2, 0) is 6.42 Å². The molecule has 0 saturated carbocycles. The maximum Gasteiger partial charge on any atom is 0.0521 e. The van der Waals surface area contributed by atoms with Crippen LogP contribution in [-0.4, -0.2) is 0 Å². The monoisotopic (exact) mass is 329 g/mol. The fourth-order valence-corrected chi connectivity index (χ4v) is 2.79. The maximum absolute atomic E-state index is 6.18. The van der Waals surface area contributed by atoms with Crippen LogP contribution in [0.25, 0.3) is 0 Å². The zero-order chi connectivity index (χ0) is 14.7. The molecule has 0 fully saturated rings. The van der Waals surface area contributed by atoms with Gasteiger partial charge < -0.3 is 5.73 Å². The van der Waals surface area contributed by atoms with E-state index in [4.69, 9.17) is 46.4 Å². The molecule has 0 heterocycles. The Bertz CT molecular complexity index is 596. The molecule has 0 amide bonds. The molecule has 106 valence electrons. The zero-order valence-electron chi connectivity index (χ0n) is 10.5. The van der Waals surface area contributed by atoms with Gasteiger partial charge in [-0.05, 0) is 41.8 Å². The first-order valence-electron chi connectivity index (χ1n) is 5.97.